The second-order valence-electron chi connectivity index (χ2n) is 7.79. The first-order valence-corrected chi connectivity index (χ1v) is 10.0. The largest absolute Gasteiger partial charge is 0.379 e. The standard InChI is InChI=1S/C20H28N6O2/c1-28-18-10-16-12-25(20(27)6-4-8-26-14-21-13-23-26)11-15(16)9-17(18)24-19-5-2-3-7-22-19/h2-3,5,7,13-18H,4,6,8-12H2,1H3,(H,22,24)/t15-,16+,17-,18-/m1/s1. The SMILES string of the molecule is CO[C@@H]1C[C@H]2CN(C(=O)CCCn3cncn3)C[C@H]2C[C@H]1Nc1ccccn1. The summed E-state index contributed by atoms with van der Waals surface area (Å²) in [7, 11) is 1.78. The molecule has 4 rings (SSSR count). The van der Waals surface area contributed by atoms with E-state index in [1.165, 1.54) is 6.33 Å². The van der Waals surface area contributed by atoms with Crippen LogP contribution in [0.4, 0.5) is 5.82 Å². The summed E-state index contributed by atoms with van der Waals surface area (Å²) in [4.78, 5) is 23.0. The quantitative estimate of drug-likeness (QED) is 0.784. The number of nitrogens with zero attached hydrogens (tertiary/aromatic N) is 5. The van der Waals surface area contributed by atoms with Gasteiger partial charge in [0, 0.05) is 39.4 Å². The summed E-state index contributed by atoms with van der Waals surface area (Å²) in [5.41, 5.74) is 0. The molecular weight excluding hydrogens is 356 g/mol. The van der Waals surface area contributed by atoms with Gasteiger partial charge in [0.15, 0.2) is 0 Å². The maximum atomic E-state index is 12.7. The van der Waals surface area contributed by atoms with Crippen LogP contribution < -0.4 is 5.32 Å². The van der Waals surface area contributed by atoms with Crippen LogP contribution in [-0.2, 0) is 16.1 Å². The van der Waals surface area contributed by atoms with Gasteiger partial charge in [-0.25, -0.2) is 9.97 Å². The second kappa shape index (κ2) is 8.68. The number of hydrogen-bond donors (Lipinski definition) is 1. The molecule has 1 saturated carbocycles. The molecule has 2 aliphatic rings. The van der Waals surface area contributed by atoms with Gasteiger partial charge in [0.25, 0.3) is 0 Å². The first kappa shape index (κ1) is 18.9. The number of carbonyl (C=O) groups is 1. The fourth-order valence-electron chi connectivity index (χ4n) is 4.57. The van der Waals surface area contributed by atoms with Crippen molar-refractivity contribution in [2.75, 3.05) is 25.5 Å². The fourth-order valence-corrected chi connectivity index (χ4v) is 4.57. The third-order valence-electron chi connectivity index (χ3n) is 6.02. The monoisotopic (exact) mass is 384 g/mol. The van der Waals surface area contributed by atoms with Crippen LogP contribution in [0.5, 0.6) is 0 Å². The predicted octanol–water partition coefficient (Wildman–Crippen LogP) is 1.82. The first-order valence-electron chi connectivity index (χ1n) is 10.0. The molecule has 8 nitrogen and oxygen atoms in total. The molecule has 28 heavy (non-hydrogen) atoms. The van der Waals surface area contributed by atoms with Crippen LogP contribution in [0.3, 0.4) is 0 Å². The van der Waals surface area contributed by atoms with Gasteiger partial charge in [0.05, 0.1) is 12.1 Å². The number of carbonyl (C=O) groups excluding carboxylic acids is 1. The molecule has 0 unspecified atom stereocenters. The van der Waals surface area contributed by atoms with Gasteiger partial charge in [-0.3, -0.25) is 9.48 Å². The van der Waals surface area contributed by atoms with Gasteiger partial charge in [-0.2, -0.15) is 5.10 Å². The van der Waals surface area contributed by atoms with Crippen LogP contribution in [-0.4, -0.2) is 62.9 Å². The zero-order valence-corrected chi connectivity index (χ0v) is 16.3. The summed E-state index contributed by atoms with van der Waals surface area (Å²) in [6, 6.07) is 6.11. The van der Waals surface area contributed by atoms with E-state index in [-0.39, 0.29) is 18.1 Å². The van der Waals surface area contributed by atoms with Crippen LogP contribution in [0.1, 0.15) is 25.7 Å². The number of amides is 1. The molecule has 2 aromatic heterocycles. The van der Waals surface area contributed by atoms with Crippen molar-refractivity contribution in [1.29, 1.82) is 0 Å². The third-order valence-corrected chi connectivity index (χ3v) is 6.02. The van der Waals surface area contributed by atoms with Crippen LogP contribution in [0.15, 0.2) is 37.1 Å². The van der Waals surface area contributed by atoms with E-state index in [0.29, 0.717) is 18.3 Å². The molecule has 2 fully saturated rings. The smallest absolute Gasteiger partial charge is 0.222 e. The van der Waals surface area contributed by atoms with Crippen molar-refractivity contribution in [1.82, 2.24) is 24.6 Å². The summed E-state index contributed by atoms with van der Waals surface area (Å²) in [6.07, 6.45) is 8.48. The molecule has 0 bridgehead atoms. The molecule has 150 valence electrons. The Kier molecular flexibility index (Phi) is 5.85. The van der Waals surface area contributed by atoms with E-state index in [4.69, 9.17) is 4.74 Å². The predicted molar refractivity (Wildman–Crippen MR) is 104 cm³/mol. The lowest BCUT2D eigenvalue weighted by molar-refractivity contribution is -0.130. The molecule has 2 aromatic rings. The molecule has 3 heterocycles. The number of anilines is 1. The number of methoxy groups -OCH3 is 1. The summed E-state index contributed by atoms with van der Waals surface area (Å²) in [5, 5.41) is 7.62. The number of aryl methyl sites for hydroxylation is 1. The minimum absolute atomic E-state index is 0.144. The van der Waals surface area contributed by atoms with Gasteiger partial charge < -0.3 is 15.0 Å². The van der Waals surface area contributed by atoms with E-state index in [2.05, 4.69) is 20.4 Å². The molecule has 0 aromatic carbocycles. The average molecular weight is 384 g/mol. The van der Waals surface area contributed by atoms with Gasteiger partial charge in [-0.1, -0.05) is 6.07 Å². The summed E-state index contributed by atoms with van der Waals surface area (Å²) in [6.45, 7) is 2.43. The van der Waals surface area contributed by atoms with Gasteiger partial charge in [0.2, 0.25) is 5.91 Å². The number of hydrogen-bond acceptors (Lipinski definition) is 6. The topological polar surface area (TPSA) is 85.2 Å². The van der Waals surface area contributed by atoms with Crippen LogP contribution in [0.2, 0.25) is 0 Å². The van der Waals surface area contributed by atoms with E-state index < -0.39 is 0 Å². The number of fused-ring (bicyclic) bond motifs is 1. The molecule has 1 amide bonds. The van der Waals surface area contributed by atoms with Crippen molar-refractivity contribution in [2.24, 2.45) is 11.8 Å². The Morgan fingerprint density at radius 3 is 2.86 bits per heavy atom. The lowest BCUT2D eigenvalue weighted by atomic mass is 9.77. The minimum Gasteiger partial charge on any atom is -0.379 e. The van der Waals surface area contributed by atoms with Crippen molar-refractivity contribution in [2.45, 2.75) is 44.4 Å². The van der Waals surface area contributed by atoms with Crippen LogP contribution in [0.25, 0.3) is 0 Å². The highest BCUT2D eigenvalue weighted by atomic mass is 16.5. The Morgan fingerprint density at radius 1 is 1.29 bits per heavy atom. The maximum Gasteiger partial charge on any atom is 0.222 e. The number of nitrogens with one attached hydrogen (secondary N) is 1. The molecular formula is C20H28N6O2. The molecule has 0 spiro atoms. The lowest BCUT2D eigenvalue weighted by Gasteiger charge is -2.37. The Labute approximate surface area is 165 Å². The fraction of sp³-hybridized carbons (Fsp3) is 0.600. The number of likely N-dealkylation sites (tertiary alicyclic amines) is 1. The molecule has 0 radical (unpaired) electrons. The number of rotatable bonds is 7. The molecule has 1 aliphatic carbocycles. The minimum atomic E-state index is 0.144. The Balaban J connectivity index is 1.30. The highest BCUT2D eigenvalue weighted by Crippen LogP contribution is 2.38. The number of aromatic nitrogens is 4. The number of ether oxygens (including phenoxy) is 1. The summed E-state index contributed by atoms with van der Waals surface area (Å²) >= 11 is 0. The van der Waals surface area contributed by atoms with Gasteiger partial charge >= 0.3 is 0 Å². The van der Waals surface area contributed by atoms with E-state index in [9.17, 15) is 4.79 Å². The van der Waals surface area contributed by atoms with Crippen molar-refractivity contribution in [3.05, 3.63) is 37.1 Å². The maximum absolute atomic E-state index is 12.7. The Bertz CT molecular complexity index is 753. The Morgan fingerprint density at radius 2 is 2.14 bits per heavy atom. The molecule has 1 saturated heterocycles. The van der Waals surface area contributed by atoms with Gasteiger partial charge in [-0.15, -0.1) is 0 Å². The Hall–Kier alpha value is -2.48. The molecule has 1 N–H and O–H groups in total. The van der Waals surface area contributed by atoms with Crippen LogP contribution in [0, 0.1) is 11.8 Å². The first-order chi connectivity index (χ1) is 13.7. The molecule has 1 aliphatic heterocycles. The highest BCUT2D eigenvalue weighted by molar-refractivity contribution is 5.76. The van der Waals surface area contributed by atoms with E-state index in [0.717, 1.165) is 44.7 Å². The van der Waals surface area contributed by atoms with Gasteiger partial charge in [0.1, 0.15) is 18.5 Å². The zero-order valence-electron chi connectivity index (χ0n) is 16.3. The van der Waals surface area contributed by atoms with E-state index >= 15 is 0 Å². The number of pyridine rings is 1. The average Bonchev–Trinajstić information content (AvgIpc) is 3.37. The van der Waals surface area contributed by atoms with Crippen molar-refractivity contribution < 1.29 is 9.53 Å². The van der Waals surface area contributed by atoms with Crippen molar-refractivity contribution in [3.63, 3.8) is 0 Å². The zero-order chi connectivity index (χ0) is 19.3. The summed E-state index contributed by atoms with van der Waals surface area (Å²) in [5.74, 6) is 2.17. The van der Waals surface area contributed by atoms with E-state index in [1.807, 2.05) is 23.1 Å². The molecule has 4 atom stereocenters. The van der Waals surface area contributed by atoms with Crippen molar-refractivity contribution >= 4 is 11.7 Å². The summed E-state index contributed by atoms with van der Waals surface area (Å²) < 4.78 is 7.55. The molecule has 8 heteroatoms. The van der Waals surface area contributed by atoms with E-state index in [1.54, 1.807) is 24.3 Å². The second-order valence-corrected chi connectivity index (χ2v) is 7.79. The van der Waals surface area contributed by atoms with Crippen molar-refractivity contribution in [3.8, 4) is 0 Å². The normalized spacial score (nSPS) is 26.8. The highest BCUT2D eigenvalue weighted by Gasteiger charge is 2.43. The lowest BCUT2D eigenvalue weighted by Crippen LogP contribution is -2.44. The third kappa shape index (κ3) is 4.32. The van der Waals surface area contributed by atoms with Gasteiger partial charge in [-0.05, 0) is 43.2 Å². The van der Waals surface area contributed by atoms with Crippen LogP contribution >= 0.6 is 0 Å².